The van der Waals surface area contributed by atoms with Crippen LogP contribution in [0.25, 0.3) is 15.9 Å². The number of likely N-dealkylation sites (N-methyl/N-ethyl adjacent to an activating group) is 1. The predicted octanol–water partition coefficient (Wildman–Crippen LogP) is 2.14. The van der Waals surface area contributed by atoms with Crippen LogP contribution in [0.3, 0.4) is 0 Å². The first-order valence-corrected chi connectivity index (χ1v) is 10.8. The third-order valence-electron chi connectivity index (χ3n) is 5.01. The van der Waals surface area contributed by atoms with Crippen LogP contribution in [0.5, 0.6) is 5.75 Å². The number of quaternary nitrogens is 1. The topological polar surface area (TPSA) is 48.6 Å². The molecule has 1 atom stereocenters. The molecule has 0 radical (unpaired) electrons. The largest absolute Gasteiger partial charge is 0.497 e. The van der Waals surface area contributed by atoms with E-state index in [2.05, 4.69) is 6.92 Å². The molecule has 0 bridgehead atoms. The van der Waals surface area contributed by atoms with E-state index < -0.39 is 0 Å². The molecule has 0 aliphatic carbocycles. The molecule has 0 saturated heterocycles. The minimum Gasteiger partial charge on any atom is -0.497 e. The molecule has 2 aromatic heterocycles. The van der Waals surface area contributed by atoms with Crippen LogP contribution in [0.15, 0.2) is 34.2 Å². The highest BCUT2D eigenvalue weighted by Crippen LogP contribution is 2.31. The van der Waals surface area contributed by atoms with Gasteiger partial charge in [-0.05, 0) is 30.9 Å². The van der Waals surface area contributed by atoms with Crippen molar-refractivity contribution in [2.24, 2.45) is 0 Å². The van der Waals surface area contributed by atoms with Gasteiger partial charge in [-0.2, -0.15) is 0 Å². The lowest BCUT2D eigenvalue weighted by Gasteiger charge is -2.22. The molecule has 0 amide bonds. The van der Waals surface area contributed by atoms with Crippen molar-refractivity contribution in [3.05, 3.63) is 45.1 Å². The Kier molecular flexibility index (Phi) is 4.77. The number of nitrogens with one attached hydrogen (secondary N) is 1. The molecule has 1 N–H and O–H groups in total. The first kappa shape index (κ1) is 17.6. The molecule has 1 aliphatic rings. The normalized spacial score (nSPS) is 16.7. The maximum Gasteiger partial charge on any atom is 0.267 e. The van der Waals surface area contributed by atoms with Crippen molar-refractivity contribution < 1.29 is 9.64 Å². The third kappa shape index (κ3) is 2.84. The Labute approximate surface area is 160 Å². The Morgan fingerprint density at radius 2 is 2.27 bits per heavy atom. The molecule has 5 nitrogen and oxygen atoms in total. The molecule has 0 saturated carbocycles. The van der Waals surface area contributed by atoms with Gasteiger partial charge in [0.05, 0.1) is 36.2 Å². The molecule has 1 unspecified atom stereocenters. The highest BCUT2D eigenvalue weighted by atomic mass is 32.2. The van der Waals surface area contributed by atoms with Gasteiger partial charge in [0.15, 0.2) is 5.16 Å². The fourth-order valence-corrected chi connectivity index (χ4v) is 5.47. The number of fused-ring (bicyclic) bond motifs is 3. The molecule has 26 heavy (non-hydrogen) atoms. The van der Waals surface area contributed by atoms with Gasteiger partial charge in [-0.1, -0.05) is 17.8 Å². The molecule has 4 rings (SSSR count). The second-order valence-corrected chi connectivity index (χ2v) is 8.26. The van der Waals surface area contributed by atoms with Crippen LogP contribution in [-0.4, -0.2) is 36.0 Å². The van der Waals surface area contributed by atoms with Crippen molar-refractivity contribution in [3.63, 3.8) is 0 Å². The standard InChI is InChI=1S/C19H21N3O2S2/c1-4-21-9-8-14-15(11-21)26-17-16(14)18(23)22(19(20-17)25-3)12-6-5-7-13(10-12)24-2/h5-7,10H,4,8-9,11H2,1-3H3/p+1. The molecular formula is C19H22N3O2S2+. The van der Waals surface area contributed by atoms with E-state index in [1.807, 2.05) is 30.5 Å². The number of hydrogen-bond donors (Lipinski definition) is 1. The quantitative estimate of drug-likeness (QED) is 0.550. The number of methoxy groups -OCH3 is 1. The van der Waals surface area contributed by atoms with Gasteiger partial charge in [0.2, 0.25) is 0 Å². The van der Waals surface area contributed by atoms with E-state index >= 15 is 0 Å². The summed E-state index contributed by atoms with van der Waals surface area (Å²) in [5, 5.41) is 1.52. The highest BCUT2D eigenvalue weighted by molar-refractivity contribution is 7.98. The van der Waals surface area contributed by atoms with E-state index in [-0.39, 0.29) is 5.56 Å². The van der Waals surface area contributed by atoms with Gasteiger partial charge in [-0.25, -0.2) is 4.98 Å². The summed E-state index contributed by atoms with van der Waals surface area (Å²) in [6, 6.07) is 7.60. The number of ether oxygens (including phenoxy) is 1. The summed E-state index contributed by atoms with van der Waals surface area (Å²) in [5.41, 5.74) is 2.04. The van der Waals surface area contributed by atoms with Crippen molar-refractivity contribution in [2.45, 2.75) is 25.0 Å². The molecule has 136 valence electrons. The van der Waals surface area contributed by atoms with E-state index in [1.54, 1.807) is 27.9 Å². The summed E-state index contributed by atoms with van der Waals surface area (Å²) in [6.45, 7) is 5.41. The average molecular weight is 389 g/mol. The lowest BCUT2D eigenvalue weighted by atomic mass is 10.1. The van der Waals surface area contributed by atoms with Crippen LogP contribution in [0.1, 0.15) is 17.4 Å². The smallest absolute Gasteiger partial charge is 0.267 e. The van der Waals surface area contributed by atoms with Crippen LogP contribution < -0.4 is 15.2 Å². The first-order valence-electron chi connectivity index (χ1n) is 8.75. The zero-order valence-electron chi connectivity index (χ0n) is 15.2. The summed E-state index contributed by atoms with van der Waals surface area (Å²) < 4.78 is 7.06. The van der Waals surface area contributed by atoms with Crippen molar-refractivity contribution in [1.82, 2.24) is 9.55 Å². The Balaban J connectivity index is 1.96. The monoisotopic (exact) mass is 388 g/mol. The summed E-state index contributed by atoms with van der Waals surface area (Å²) >= 11 is 3.19. The molecular weight excluding hydrogens is 366 g/mol. The number of thioether (sulfide) groups is 1. The molecule has 1 aliphatic heterocycles. The lowest BCUT2D eigenvalue weighted by Crippen LogP contribution is -3.11. The summed E-state index contributed by atoms with van der Waals surface area (Å²) in [5.74, 6) is 0.732. The number of thiophene rings is 1. The minimum absolute atomic E-state index is 0.0325. The lowest BCUT2D eigenvalue weighted by molar-refractivity contribution is -0.913. The van der Waals surface area contributed by atoms with Gasteiger partial charge in [0, 0.05) is 12.5 Å². The fourth-order valence-electron chi connectivity index (χ4n) is 3.57. The molecule has 0 fully saturated rings. The number of nitrogens with zero attached hydrogens (tertiary/aromatic N) is 2. The maximum atomic E-state index is 13.5. The van der Waals surface area contributed by atoms with Crippen LogP contribution >= 0.6 is 23.1 Å². The Bertz CT molecular complexity index is 1030. The van der Waals surface area contributed by atoms with Gasteiger partial charge in [-0.3, -0.25) is 9.36 Å². The number of hydrogen-bond acceptors (Lipinski definition) is 5. The predicted molar refractivity (Wildman–Crippen MR) is 107 cm³/mol. The van der Waals surface area contributed by atoms with Crippen molar-refractivity contribution in [3.8, 4) is 11.4 Å². The second kappa shape index (κ2) is 7.06. The molecule has 0 spiro atoms. The van der Waals surface area contributed by atoms with Gasteiger partial charge in [-0.15, -0.1) is 11.3 Å². The zero-order valence-corrected chi connectivity index (χ0v) is 16.8. The van der Waals surface area contributed by atoms with Crippen molar-refractivity contribution >= 4 is 33.3 Å². The van der Waals surface area contributed by atoms with Crippen LogP contribution in [-0.2, 0) is 13.0 Å². The van der Waals surface area contributed by atoms with Crippen molar-refractivity contribution in [1.29, 1.82) is 0 Å². The second-order valence-electron chi connectivity index (χ2n) is 6.40. The van der Waals surface area contributed by atoms with Crippen LogP contribution in [0.4, 0.5) is 0 Å². The Morgan fingerprint density at radius 1 is 1.42 bits per heavy atom. The van der Waals surface area contributed by atoms with Gasteiger partial charge >= 0.3 is 0 Å². The first-order chi connectivity index (χ1) is 12.7. The fraction of sp³-hybridized carbons (Fsp3) is 0.368. The number of benzene rings is 1. The van der Waals surface area contributed by atoms with E-state index in [0.717, 1.165) is 47.7 Å². The van der Waals surface area contributed by atoms with Crippen molar-refractivity contribution in [2.75, 3.05) is 26.5 Å². The van der Waals surface area contributed by atoms with E-state index in [9.17, 15) is 4.79 Å². The van der Waals surface area contributed by atoms with E-state index in [0.29, 0.717) is 5.16 Å². The van der Waals surface area contributed by atoms with Gasteiger partial charge < -0.3 is 9.64 Å². The molecule has 3 heterocycles. The molecule has 3 aromatic rings. The molecule has 7 heteroatoms. The Hall–Kier alpha value is -1.83. The highest BCUT2D eigenvalue weighted by Gasteiger charge is 2.26. The third-order valence-corrected chi connectivity index (χ3v) is 6.78. The van der Waals surface area contributed by atoms with E-state index in [4.69, 9.17) is 9.72 Å². The van der Waals surface area contributed by atoms with Gasteiger partial charge in [0.25, 0.3) is 5.56 Å². The summed E-state index contributed by atoms with van der Waals surface area (Å²) in [6.07, 6.45) is 2.91. The summed E-state index contributed by atoms with van der Waals surface area (Å²) in [4.78, 5) is 22.1. The average Bonchev–Trinajstić information content (AvgIpc) is 3.05. The summed E-state index contributed by atoms with van der Waals surface area (Å²) in [7, 11) is 1.63. The van der Waals surface area contributed by atoms with Crippen LogP contribution in [0.2, 0.25) is 0 Å². The Morgan fingerprint density at radius 3 is 3.00 bits per heavy atom. The molecule has 1 aromatic carbocycles. The van der Waals surface area contributed by atoms with Gasteiger partial charge in [0.1, 0.15) is 17.1 Å². The minimum atomic E-state index is 0.0325. The maximum absolute atomic E-state index is 13.5. The number of rotatable bonds is 4. The zero-order chi connectivity index (χ0) is 18.3. The number of aromatic nitrogens is 2. The van der Waals surface area contributed by atoms with E-state index in [1.165, 1.54) is 22.2 Å². The van der Waals surface area contributed by atoms with Crippen LogP contribution in [0, 0.1) is 0 Å². The SMILES string of the molecule is CC[NH+]1CCc2c(sc3nc(SC)n(-c4cccc(OC)c4)c(=O)c23)C1.